The van der Waals surface area contributed by atoms with Crippen LogP contribution >= 0.6 is 0 Å². The predicted molar refractivity (Wildman–Crippen MR) is 131 cm³/mol. The normalized spacial score (nSPS) is 15.5. The number of carbonyl (C=O) groups is 1. The molecular weight excluding hydrogens is 384 g/mol. The van der Waals surface area contributed by atoms with Crippen molar-refractivity contribution in [1.29, 1.82) is 0 Å². The quantitative estimate of drug-likeness (QED) is 0.428. The van der Waals surface area contributed by atoms with Crippen molar-refractivity contribution in [2.45, 2.75) is 84.1 Å². The van der Waals surface area contributed by atoms with E-state index < -0.39 is 5.97 Å². The van der Waals surface area contributed by atoms with Gasteiger partial charge in [-0.25, -0.2) is 0 Å². The topological polar surface area (TPSA) is 52.6 Å². The molecular formula is C27H38N2O2. The monoisotopic (exact) mass is 422 g/mol. The molecule has 0 aliphatic heterocycles. The molecule has 168 valence electrons. The van der Waals surface area contributed by atoms with Crippen LogP contribution in [0.5, 0.6) is 0 Å². The summed E-state index contributed by atoms with van der Waals surface area (Å²) in [7, 11) is 0. The number of carboxylic acids is 1. The van der Waals surface area contributed by atoms with Gasteiger partial charge in [-0.1, -0.05) is 51.3 Å². The summed E-state index contributed by atoms with van der Waals surface area (Å²) in [6, 6.07) is 15.7. The summed E-state index contributed by atoms with van der Waals surface area (Å²) >= 11 is 0. The Morgan fingerprint density at radius 1 is 1.06 bits per heavy atom. The van der Waals surface area contributed by atoms with Crippen LogP contribution in [0.25, 0.3) is 0 Å². The number of nitrogens with zero attached hydrogens (tertiary/aromatic N) is 1. The van der Waals surface area contributed by atoms with Gasteiger partial charge in [-0.15, -0.1) is 0 Å². The molecule has 1 aliphatic carbocycles. The Balaban J connectivity index is 1.97. The Morgan fingerprint density at radius 2 is 1.77 bits per heavy atom. The molecule has 2 aromatic rings. The lowest BCUT2D eigenvalue weighted by Crippen LogP contribution is -2.37. The molecule has 0 spiro atoms. The third kappa shape index (κ3) is 6.03. The number of nitrogens with one attached hydrogen (secondary N) is 1. The summed E-state index contributed by atoms with van der Waals surface area (Å²) in [6.07, 6.45) is 8.45. The molecule has 1 aliphatic rings. The van der Waals surface area contributed by atoms with E-state index in [4.69, 9.17) is 0 Å². The zero-order valence-electron chi connectivity index (χ0n) is 19.4. The van der Waals surface area contributed by atoms with Crippen LogP contribution in [-0.2, 0) is 11.2 Å². The number of aliphatic carboxylic acids is 1. The second-order valence-corrected chi connectivity index (χ2v) is 8.73. The van der Waals surface area contributed by atoms with Crippen LogP contribution in [0.15, 0.2) is 42.5 Å². The molecule has 2 N–H and O–H groups in total. The first-order valence-electron chi connectivity index (χ1n) is 12.0. The summed E-state index contributed by atoms with van der Waals surface area (Å²) in [5, 5.41) is 13.0. The van der Waals surface area contributed by atoms with E-state index in [0.717, 1.165) is 36.3 Å². The van der Waals surface area contributed by atoms with Crippen LogP contribution in [0.3, 0.4) is 0 Å². The molecule has 0 amide bonds. The van der Waals surface area contributed by atoms with E-state index in [1.54, 1.807) is 0 Å². The molecule has 2 aromatic carbocycles. The average molecular weight is 423 g/mol. The summed E-state index contributed by atoms with van der Waals surface area (Å²) in [5.41, 5.74) is 5.80. The highest BCUT2D eigenvalue weighted by atomic mass is 16.4. The van der Waals surface area contributed by atoms with Crippen molar-refractivity contribution in [3.8, 4) is 0 Å². The maximum absolute atomic E-state index is 11.4. The van der Waals surface area contributed by atoms with Crippen molar-refractivity contribution in [1.82, 2.24) is 0 Å². The van der Waals surface area contributed by atoms with Gasteiger partial charge in [-0.2, -0.15) is 0 Å². The highest BCUT2D eigenvalue weighted by molar-refractivity contribution is 5.77. The standard InChI is InChI=1S/C27H38N2O2/c1-4-20-12-15-23(16-13-20)28-25-18-22(21(5-2)19-27(30)31)14-17-26(25)29(6-3)24-10-8-7-9-11-24/h12-18,21,24,28H,4-11,19H2,1-3H3,(H,30,31). The molecule has 4 nitrogen and oxygen atoms in total. The molecule has 1 unspecified atom stereocenters. The first-order chi connectivity index (χ1) is 15.0. The van der Waals surface area contributed by atoms with Crippen molar-refractivity contribution in [3.05, 3.63) is 53.6 Å². The van der Waals surface area contributed by atoms with E-state index in [2.05, 4.69) is 73.5 Å². The Labute approximate surface area is 187 Å². The third-order valence-electron chi connectivity index (χ3n) is 6.71. The number of hydrogen-bond donors (Lipinski definition) is 2. The molecule has 0 heterocycles. The minimum absolute atomic E-state index is 0.0272. The smallest absolute Gasteiger partial charge is 0.303 e. The molecule has 1 atom stereocenters. The Morgan fingerprint density at radius 3 is 2.35 bits per heavy atom. The molecule has 0 bridgehead atoms. The largest absolute Gasteiger partial charge is 0.481 e. The van der Waals surface area contributed by atoms with Crippen LogP contribution in [0, 0.1) is 0 Å². The van der Waals surface area contributed by atoms with Crippen LogP contribution in [0.4, 0.5) is 17.1 Å². The first kappa shape index (κ1) is 23.2. The fraction of sp³-hybridized carbons (Fsp3) is 0.519. The highest BCUT2D eigenvalue weighted by Crippen LogP contribution is 2.37. The first-order valence-corrected chi connectivity index (χ1v) is 12.0. The molecule has 3 rings (SSSR count). The molecule has 0 radical (unpaired) electrons. The lowest BCUT2D eigenvalue weighted by Gasteiger charge is -2.37. The second kappa shape index (κ2) is 11.2. The van der Waals surface area contributed by atoms with Gasteiger partial charge in [-0.05, 0) is 73.9 Å². The molecule has 0 saturated heterocycles. The van der Waals surface area contributed by atoms with Crippen molar-refractivity contribution in [3.63, 3.8) is 0 Å². The highest BCUT2D eigenvalue weighted by Gasteiger charge is 2.23. The van der Waals surface area contributed by atoms with Crippen molar-refractivity contribution in [2.75, 3.05) is 16.8 Å². The maximum Gasteiger partial charge on any atom is 0.303 e. The Bertz CT molecular complexity index is 841. The van der Waals surface area contributed by atoms with Gasteiger partial charge in [0.15, 0.2) is 0 Å². The SMILES string of the molecule is CCc1ccc(Nc2cc(C(CC)CC(=O)O)ccc2N(CC)C2CCCCC2)cc1. The second-order valence-electron chi connectivity index (χ2n) is 8.73. The van der Waals surface area contributed by atoms with Gasteiger partial charge in [0, 0.05) is 18.3 Å². The predicted octanol–water partition coefficient (Wildman–Crippen LogP) is 7.12. The minimum atomic E-state index is -0.738. The van der Waals surface area contributed by atoms with Gasteiger partial charge < -0.3 is 15.3 Å². The molecule has 0 aromatic heterocycles. The zero-order chi connectivity index (χ0) is 22.2. The van der Waals surface area contributed by atoms with Crippen molar-refractivity contribution < 1.29 is 9.90 Å². The van der Waals surface area contributed by atoms with Crippen LogP contribution in [-0.4, -0.2) is 23.7 Å². The van der Waals surface area contributed by atoms with Gasteiger partial charge in [0.05, 0.1) is 17.8 Å². The van der Waals surface area contributed by atoms with Crippen molar-refractivity contribution >= 4 is 23.0 Å². The average Bonchev–Trinajstić information content (AvgIpc) is 2.80. The molecule has 4 heteroatoms. The number of rotatable bonds is 10. The summed E-state index contributed by atoms with van der Waals surface area (Å²) < 4.78 is 0. The molecule has 1 saturated carbocycles. The van der Waals surface area contributed by atoms with E-state index in [0.29, 0.717) is 6.04 Å². The zero-order valence-corrected chi connectivity index (χ0v) is 19.4. The van der Waals surface area contributed by atoms with E-state index in [-0.39, 0.29) is 12.3 Å². The summed E-state index contributed by atoms with van der Waals surface area (Å²) in [4.78, 5) is 13.9. The van der Waals surface area contributed by atoms with Gasteiger partial charge in [0.1, 0.15) is 0 Å². The summed E-state index contributed by atoms with van der Waals surface area (Å²) in [6.45, 7) is 7.44. The molecule has 1 fully saturated rings. The number of benzene rings is 2. The van der Waals surface area contributed by atoms with Gasteiger partial charge in [0.2, 0.25) is 0 Å². The van der Waals surface area contributed by atoms with Gasteiger partial charge >= 0.3 is 5.97 Å². The number of hydrogen-bond acceptors (Lipinski definition) is 3. The van der Waals surface area contributed by atoms with E-state index >= 15 is 0 Å². The lowest BCUT2D eigenvalue weighted by atomic mass is 9.91. The number of anilines is 3. The molecule has 31 heavy (non-hydrogen) atoms. The van der Waals surface area contributed by atoms with Crippen LogP contribution < -0.4 is 10.2 Å². The Hall–Kier alpha value is -2.49. The Kier molecular flexibility index (Phi) is 8.39. The lowest BCUT2D eigenvalue weighted by molar-refractivity contribution is -0.137. The van der Waals surface area contributed by atoms with Crippen LogP contribution in [0.1, 0.15) is 82.8 Å². The van der Waals surface area contributed by atoms with Gasteiger partial charge in [0.25, 0.3) is 0 Å². The third-order valence-corrected chi connectivity index (χ3v) is 6.71. The van der Waals surface area contributed by atoms with Crippen molar-refractivity contribution in [2.24, 2.45) is 0 Å². The van der Waals surface area contributed by atoms with Crippen LogP contribution in [0.2, 0.25) is 0 Å². The van der Waals surface area contributed by atoms with Gasteiger partial charge in [-0.3, -0.25) is 4.79 Å². The summed E-state index contributed by atoms with van der Waals surface area (Å²) in [5.74, 6) is -0.711. The minimum Gasteiger partial charge on any atom is -0.481 e. The maximum atomic E-state index is 11.4. The van der Waals surface area contributed by atoms with E-state index in [1.807, 2.05) is 0 Å². The number of carboxylic acid groups (broad SMARTS) is 1. The number of aryl methyl sites for hydroxylation is 1. The van der Waals surface area contributed by atoms with E-state index in [1.165, 1.54) is 43.4 Å². The fourth-order valence-electron chi connectivity index (χ4n) is 4.86. The van der Waals surface area contributed by atoms with E-state index in [9.17, 15) is 9.90 Å². The fourth-order valence-corrected chi connectivity index (χ4v) is 4.86.